The van der Waals surface area contributed by atoms with Crippen LogP contribution in [0, 0.1) is 0 Å². The van der Waals surface area contributed by atoms with Crippen LogP contribution in [0.25, 0.3) is 0 Å². The number of rotatable bonds is 5. The fourth-order valence-corrected chi connectivity index (χ4v) is 2.24. The van der Waals surface area contributed by atoms with Crippen LogP contribution < -0.4 is 4.74 Å². The molecule has 5 heteroatoms. The molecule has 1 N–H and O–H groups in total. The number of aliphatic carboxylic acids is 1. The van der Waals surface area contributed by atoms with E-state index in [1.54, 1.807) is 0 Å². The van der Waals surface area contributed by atoms with E-state index < -0.39 is 12.0 Å². The first-order valence-electron chi connectivity index (χ1n) is 6.38. The lowest BCUT2D eigenvalue weighted by atomic mass is 10.2. The van der Waals surface area contributed by atoms with Crippen molar-refractivity contribution < 1.29 is 19.4 Å². The van der Waals surface area contributed by atoms with Gasteiger partial charge in [-0.2, -0.15) is 0 Å². The van der Waals surface area contributed by atoms with E-state index in [0.717, 1.165) is 6.42 Å². The molecule has 1 fully saturated rings. The van der Waals surface area contributed by atoms with Gasteiger partial charge in [0.1, 0.15) is 11.8 Å². The van der Waals surface area contributed by atoms with E-state index in [0.29, 0.717) is 18.7 Å². The number of amides is 1. The SMILES string of the molecule is O=C(O)[C@@H]1CCCN1C(=O)CCOc1ccccc1. The molecule has 0 aromatic heterocycles. The van der Waals surface area contributed by atoms with Gasteiger partial charge in [0.2, 0.25) is 5.91 Å². The van der Waals surface area contributed by atoms with Crippen LogP contribution in [-0.2, 0) is 9.59 Å². The van der Waals surface area contributed by atoms with E-state index >= 15 is 0 Å². The Morgan fingerprint density at radius 2 is 2.05 bits per heavy atom. The van der Waals surface area contributed by atoms with Crippen LogP contribution in [0.5, 0.6) is 5.75 Å². The summed E-state index contributed by atoms with van der Waals surface area (Å²) in [6.45, 7) is 0.798. The molecule has 2 rings (SSSR count). The smallest absolute Gasteiger partial charge is 0.326 e. The first-order chi connectivity index (χ1) is 9.18. The number of para-hydroxylation sites is 1. The topological polar surface area (TPSA) is 66.8 Å². The average Bonchev–Trinajstić information content (AvgIpc) is 2.89. The van der Waals surface area contributed by atoms with Gasteiger partial charge in [0.25, 0.3) is 0 Å². The molecule has 1 aromatic rings. The fourth-order valence-electron chi connectivity index (χ4n) is 2.24. The highest BCUT2D eigenvalue weighted by Crippen LogP contribution is 2.18. The molecule has 1 aliphatic heterocycles. The van der Waals surface area contributed by atoms with Crippen LogP contribution in [0.2, 0.25) is 0 Å². The minimum atomic E-state index is -0.921. The number of hydrogen-bond acceptors (Lipinski definition) is 3. The molecule has 5 nitrogen and oxygen atoms in total. The van der Waals surface area contributed by atoms with Gasteiger partial charge in [0, 0.05) is 6.54 Å². The summed E-state index contributed by atoms with van der Waals surface area (Å²) in [7, 11) is 0. The third-order valence-electron chi connectivity index (χ3n) is 3.19. The van der Waals surface area contributed by atoms with Crippen molar-refractivity contribution in [3.63, 3.8) is 0 Å². The number of nitrogens with zero attached hydrogens (tertiary/aromatic N) is 1. The van der Waals surface area contributed by atoms with Crippen LogP contribution in [0.4, 0.5) is 0 Å². The van der Waals surface area contributed by atoms with Gasteiger partial charge >= 0.3 is 5.97 Å². The molecule has 0 aliphatic carbocycles. The van der Waals surface area contributed by atoms with Crippen molar-refractivity contribution in [2.45, 2.75) is 25.3 Å². The summed E-state index contributed by atoms with van der Waals surface area (Å²) in [6.07, 6.45) is 1.50. The lowest BCUT2D eigenvalue weighted by Crippen LogP contribution is -2.40. The minimum Gasteiger partial charge on any atom is -0.493 e. The third-order valence-corrected chi connectivity index (χ3v) is 3.19. The van der Waals surface area contributed by atoms with Crippen LogP contribution in [0.1, 0.15) is 19.3 Å². The molecular weight excluding hydrogens is 246 g/mol. The molecule has 0 bridgehead atoms. The Morgan fingerprint density at radius 1 is 1.32 bits per heavy atom. The van der Waals surface area contributed by atoms with Crippen molar-refractivity contribution in [2.75, 3.05) is 13.2 Å². The Hall–Kier alpha value is -2.04. The molecule has 0 saturated carbocycles. The molecular formula is C14H17NO4. The summed E-state index contributed by atoms with van der Waals surface area (Å²) < 4.78 is 5.44. The summed E-state index contributed by atoms with van der Waals surface area (Å²) in [5.74, 6) is -0.359. The first kappa shape index (κ1) is 13.4. The number of benzene rings is 1. The van der Waals surface area contributed by atoms with Gasteiger partial charge in [-0.1, -0.05) is 18.2 Å². The normalized spacial score (nSPS) is 18.3. The molecule has 1 aliphatic rings. The van der Waals surface area contributed by atoms with Gasteiger partial charge in [-0.25, -0.2) is 4.79 Å². The largest absolute Gasteiger partial charge is 0.493 e. The van der Waals surface area contributed by atoms with Crippen molar-refractivity contribution in [1.82, 2.24) is 4.90 Å². The zero-order valence-corrected chi connectivity index (χ0v) is 10.6. The predicted octanol–water partition coefficient (Wildman–Crippen LogP) is 1.53. The average molecular weight is 263 g/mol. The predicted molar refractivity (Wildman–Crippen MR) is 68.9 cm³/mol. The molecule has 0 radical (unpaired) electrons. The van der Waals surface area contributed by atoms with Crippen LogP contribution >= 0.6 is 0 Å². The summed E-state index contributed by atoms with van der Waals surface area (Å²) in [5.41, 5.74) is 0. The van der Waals surface area contributed by atoms with E-state index in [1.807, 2.05) is 30.3 Å². The summed E-state index contributed by atoms with van der Waals surface area (Å²) in [4.78, 5) is 24.4. The van der Waals surface area contributed by atoms with Crippen molar-refractivity contribution in [3.05, 3.63) is 30.3 Å². The number of carboxylic acid groups (broad SMARTS) is 1. The minimum absolute atomic E-state index is 0.152. The second-order valence-corrected chi connectivity index (χ2v) is 4.49. The summed E-state index contributed by atoms with van der Waals surface area (Å²) in [5, 5.41) is 9.01. The highest BCUT2D eigenvalue weighted by Gasteiger charge is 2.33. The Morgan fingerprint density at radius 3 is 2.74 bits per heavy atom. The number of ether oxygens (including phenoxy) is 1. The summed E-state index contributed by atoms with van der Waals surface area (Å²) in [6, 6.07) is 8.58. The van der Waals surface area contributed by atoms with Gasteiger partial charge in [-0.05, 0) is 25.0 Å². The standard InChI is InChI=1S/C14H17NO4/c16-13(15-9-4-7-12(15)14(17)18)8-10-19-11-5-2-1-3-6-11/h1-3,5-6,12H,4,7-10H2,(H,17,18)/t12-/m0/s1. The van der Waals surface area contributed by atoms with E-state index in [4.69, 9.17) is 9.84 Å². The fraction of sp³-hybridized carbons (Fsp3) is 0.429. The van der Waals surface area contributed by atoms with Crippen LogP contribution in [-0.4, -0.2) is 41.1 Å². The maximum absolute atomic E-state index is 11.9. The van der Waals surface area contributed by atoms with Gasteiger partial charge in [-0.3, -0.25) is 4.79 Å². The Bertz CT molecular complexity index is 446. The Labute approximate surface area is 111 Å². The van der Waals surface area contributed by atoms with E-state index in [1.165, 1.54) is 4.90 Å². The van der Waals surface area contributed by atoms with Gasteiger partial charge in [-0.15, -0.1) is 0 Å². The van der Waals surface area contributed by atoms with Crippen LogP contribution in [0.15, 0.2) is 30.3 Å². The van der Waals surface area contributed by atoms with Crippen LogP contribution in [0.3, 0.4) is 0 Å². The molecule has 0 unspecified atom stereocenters. The molecule has 1 aromatic carbocycles. The number of carbonyl (C=O) groups excluding carboxylic acids is 1. The lowest BCUT2D eigenvalue weighted by Gasteiger charge is -2.21. The molecule has 0 spiro atoms. The van der Waals surface area contributed by atoms with Gasteiger partial charge < -0.3 is 14.7 Å². The van der Waals surface area contributed by atoms with Gasteiger partial charge in [0.05, 0.1) is 13.0 Å². The highest BCUT2D eigenvalue weighted by atomic mass is 16.5. The highest BCUT2D eigenvalue weighted by molar-refractivity contribution is 5.84. The number of carbonyl (C=O) groups is 2. The Balaban J connectivity index is 1.80. The maximum Gasteiger partial charge on any atom is 0.326 e. The number of carboxylic acids is 1. The Kier molecular flexibility index (Phi) is 4.39. The molecule has 1 heterocycles. The second kappa shape index (κ2) is 6.22. The van der Waals surface area contributed by atoms with Crippen molar-refractivity contribution in [3.8, 4) is 5.75 Å². The molecule has 102 valence electrons. The quantitative estimate of drug-likeness (QED) is 0.874. The molecule has 19 heavy (non-hydrogen) atoms. The second-order valence-electron chi connectivity index (χ2n) is 4.49. The maximum atomic E-state index is 11.9. The van der Waals surface area contributed by atoms with E-state index in [9.17, 15) is 9.59 Å². The van der Waals surface area contributed by atoms with Crippen molar-refractivity contribution >= 4 is 11.9 Å². The molecule has 1 amide bonds. The summed E-state index contributed by atoms with van der Waals surface area (Å²) >= 11 is 0. The third kappa shape index (κ3) is 3.47. The number of likely N-dealkylation sites (tertiary alicyclic amines) is 1. The first-order valence-corrected chi connectivity index (χ1v) is 6.38. The van der Waals surface area contributed by atoms with Crippen molar-refractivity contribution in [2.24, 2.45) is 0 Å². The van der Waals surface area contributed by atoms with Gasteiger partial charge in [0.15, 0.2) is 0 Å². The van der Waals surface area contributed by atoms with Crippen molar-refractivity contribution in [1.29, 1.82) is 0 Å². The number of hydrogen-bond donors (Lipinski definition) is 1. The molecule has 1 saturated heterocycles. The van der Waals surface area contributed by atoms with E-state index in [2.05, 4.69) is 0 Å². The zero-order chi connectivity index (χ0) is 13.7. The lowest BCUT2D eigenvalue weighted by molar-refractivity contribution is -0.148. The zero-order valence-electron chi connectivity index (χ0n) is 10.6. The molecule has 1 atom stereocenters. The monoisotopic (exact) mass is 263 g/mol. The van der Waals surface area contributed by atoms with E-state index in [-0.39, 0.29) is 18.9 Å².